The summed E-state index contributed by atoms with van der Waals surface area (Å²) >= 11 is 0. The minimum absolute atomic E-state index is 0.122. The molecule has 0 aliphatic carbocycles. The maximum absolute atomic E-state index is 12.6. The van der Waals surface area contributed by atoms with Crippen molar-refractivity contribution in [2.24, 2.45) is 0 Å². The second-order valence-electron chi connectivity index (χ2n) is 8.54. The van der Waals surface area contributed by atoms with E-state index in [0.29, 0.717) is 23.3 Å². The van der Waals surface area contributed by atoms with Crippen molar-refractivity contribution in [1.82, 2.24) is 14.4 Å². The molecule has 1 heterocycles. The van der Waals surface area contributed by atoms with Gasteiger partial charge in [0.1, 0.15) is 0 Å². The van der Waals surface area contributed by atoms with Gasteiger partial charge >= 0.3 is 0 Å². The summed E-state index contributed by atoms with van der Waals surface area (Å²) in [6, 6.07) is 11.1. The van der Waals surface area contributed by atoms with Gasteiger partial charge < -0.3 is 9.84 Å². The molecule has 2 aromatic carbocycles. The first-order chi connectivity index (χ1) is 15.5. The molecule has 3 aromatic rings. The van der Waals surface area contributed by atoms with Crippen LogP contribution in [0, 0.1) is 13.8 Å². The molecule has 3 rings (SSSR count). The van der Waals surface area contributed by atoms with Gasteiger partial charge in [-0.1, -0.05) is 43.3 Å². The molecule has 1 aromatic heterocycles. The molecule has 9 heteroatoms. The average Bonchev–Trinajstić information content (AvgIpc) is 3.24. The summed E-state index contributed by atoms with van der Waals surface area (Å²) < 4.78 is 31.5. The van der Waals surface area contributed by atoms with Gasteiger partial charge in [-0.15, -0.1) is 0 Å². The van der Waals surface area contributed by atoms with Gasteiger partial charge in [0.15, 0.2) is 0 Å². The maximum Gasteiger partial charge on any atom is 0.242 e. The smallest absolute Gasteiger partial charge is 0.242 e. The lowest BCUT2D eigenvalue weighted by molar-refractivity contribution is -0.116. The van der Waals surface area contributed by atoms with Crippen LogP contribution in [-0.2, 0) is 21.2 Å². The molecule has 0 atom stereocenters. The number of carbonyl (C=O) groups is 1. The van der Waals surface area contributed by atoms with E-state index in [1.54, 1.807) is 6.07 Å². The molecule has 0 aliphatic rings. The molecule has 0 saturated carbocycles. The molecule has 0 unspecified atom stereocenters. The third-order valence-corrected chi connectivity index (χ3v) is 7.36. The lowest BCUT2D eigenvalue weighted by atomic mass is 10.0. The number of sulfonamides is 1. The summed E-state index contributed by atoms with van der Waals surface area (Å²) in [7, 11) is -0.668. The molecule has 1 N–H and O–H groups in total. The highest BCUT2D eigenvalue weighted by Gasteiger charge is 2.20. The zero-order chi connectivity index (χ0) is 24.3. The van der Waals surface area contributed by atoms with E-state index >= 15 is 0 Å². The van der Waals surface area contributed by atoms with Crippen LogP contribution in [0.15, 0.2) is 45.8 Å². The van der Waals surface area contributed by atoms with Crippen molar-refractivity contribution >= 4 is 21.6 Å². The Morgan fingerprint density at radius 2 is 1.79 bits per heavy atom. The Balaban J connectivity index is 1.67. The Labute approximate surface area is 195 Å². The molecular formula is C24H30N4O4S. The monoisotopic (exact) mass is 470 g/mol. The summed E-state index contributed by atoms with van der Waals surface area (Å²) in [5.74, 6) is 1.02. The van der Waals surface area contributed by atoms with Gasteiger partial charge in [-0.2, -0.15) is 4.98 Å². The number of amides is 1. The molecule has 0 spiro atoms. The third kappa shape index (κ3) is 5.66. The number of nitrogens with one attached hydrogen (secondary N) is 1. The molecule has 0 bridgehead atoms. The number of hydrogen-bond donors (Lipinski definition) is 1. The molecule has 176 valence electrons. The van der Waals surface area contributed by atoms with Gasteiger partial charge in [0.2, 0.25) is 27.6 Å². The largest absolute Gasteiger partial charge is 0.339 e. The predicted molar refractivity (Wildman–Crippen MR) is 128 cm³/mol. The minimum atomic E-state index is -3.61. The summed E-state index contributed by atoms with van der Waals surface area (Å²) in [6.45, 7) is 7.92. The Bertz CT molecular complexity index is 1250. The van der Waals surface area contributed by atoms with Crippen molar-refractivity contribution in [1.29, 1.82) is 0 Å². The van der Waals surface area contributed by atoms with Crippen LogP contribution in [-0.4, -0.2) is 42.9 Å². The Morgan fingerprint density at radius 1 is 1.12 bits per heavy atom. The highest BCUT2D eigenvalue weighted by atomic mass is 32.2. The quantitative estimate of drug-likeness (QED) is 0.526. The van der Waals surface area contributed by atoms with Gasteiger partial charge in [-0.05, 0) is 48.6 Å². The predicted octanol–water partition coefficient (Wildman–Crippen LogP) is 4.30. The molecule has 0 fully saturated rings. The van der Waals surface area contributed by atoms with E-state index in [9.17, 15) is 13.2 Å². The van der Waals surface area contributed by atoms with Crippen molar-refractivity contribution in [3.8, 4) is 11.4 Å². The zero-order valence-corrected chi connectivity index (χ0v) is 20.7. The zero-order valence-electron chi connectivity index (χ0n) is 19.8. The van der Waals surface area contributed by atoms with E-state index in [2.05, 4.69) is 29.3 Å². The third-order valence-electron chi connectivity index (χ3n) is 5.56. The fourth-order valence-electron chi connectivity index (χ4n) is 3.24. The molecule has 33 heavy (non-hydrogen) atoms. The molecule has 0 radical (unpaired) electrons. The van der Waals surface area contributed by atoms with Crippen molar-refractivity contribution in [3.63, 3.8) is 0 Å². The summed E-state index contributed by atoms with van der Waals surface area (Å²) in [5.41, 5.74) is 4.14. The van der Waals surface area contributed by atoms with Crippen LogP contribution in [0.1, 0.15) is 48.8 Å². The van der Waals surface area contributed by atoms with Crippen molar-refractivity contribution in [2.45, 2.75) is 51.3 Å². The van der Waals surface area contributed by atoms with Crippen molar-refractivity contribution in [2.75, 3.05) is 19.4 Å². The van der Waals surface area contributed by atoms with Gasteiger partial charge in [0, 0.05) is 38.2 Å². The van der Waals surface area contributed by atoms with Gasteiger partial charge in [-0.25, -0.2) is 12.7 Å². The number of aryl methyl sites for hydroxylation is 2. The standard InChI is InChI=1S/C24H30N4O4S/c1-15(2)18-7-9-19(10-8-18)24-26-23(32-27-24)12-11-22(29)25-21-14-20(13-16(3)17(21)4)33(30,31)28(5)6/h7-10,13-15H,11-12H2,1-6H3,(H,25,29). The fourth-order valence-corrected chi connectivity index (χ4v) is 4.25. The van der Waals surface area contributed by atoms with E-state index in [-0.39, 0.29) is 23.6 Å². The normalized spacial score (nSPS) is 11.9. The highest BCUT2D eigenvalue weighted by molar-refractivity contribution is 7.89. The van der Waals surface area contributed by atoms with Gasteiger partial charge in [-0.3, -0.25) is 4.79 Å². The van der Waals surface area contributed by atoms with Crippen LogP contribution < -0.4 is 5.32 Å². The Hall–Kier alpha value is -3.04. The molecular weight excluding hydrogens is 440 g/mol. The highest BCUT2D eigenvalue weighted by Crippen LogP contribution is 2.26. The fraction of sp³-hybridized carbons (Fsp3) is 0.375. The minimum Gasteiger partial charge on any atom is -0.339 e. The van der Waals surface area contributed by atoms with E-state index < -0.39 is 10.0 Å². The van der Waals surface area contributed by atoms with Gasteiger partial charge in [0.25, 0.3) is 0 Å². The molecule has 1 amide bonds. The second kappa shape index (κ2) is 9.84. The van der Waals surface area contributed by atoms with Gasteiger partial charge in [0.05, 0.1) is 4.90 Å². The van der Waals surface area contributed by atoms with E-state index in [1.807, 2.05) is 38.1 Å². The summed E-state index contributed by atoms with van der Waals surface area (Å²) in [4.78, 5) is 17.1. The van der Waals surface area contributed by atoms with E-state index in [0.717, 1.165) is 21.0 Å². The SMILES string of the molecule is Cc1cc(S(=O)(=O)N(C)C)cc(NC(=O)CCc2nc(-c3ccc(C(C)C)cc3)no2)c1C. The van der Waals surface area contributed by atoms with Crippen molar-refractivity contribution < 1.29 is 17.7 Å². The van der Waals surface area contributed by atoms with Crippen LogP contribution in [0.5, 0.6) is 0 Å². The maximum atomic E-state index is 12.6. The molecule has 8 nitrogen and oxygen atoms in total. The van der Waals surface area contributed by atoms with Crippen LogP contribution >= 0.6 is 0 Å². The summed E-state index contributed by atoms with van der Waals surface area (Å²) in [6.07, 6.45) is 0.397. The van der Waals surface area contributed by atoms with Crippen LogP contribution in [0.4, 0.5) is 5.69 Å². The Kier molecular flexibility index (Phi) is 7.34. The van der Waals surface area contributed by atoms with E-state index in [4.69, 9.17) is 4.52 Å². The first-order valence-corrected chi connectivity index (χ1v) is 12.2. The van der Waals surface area contributed by atoms with Crippen LogP contribution in [0.25, 0.3) is 11.4 Å². The number of hydrogen-bond acceptors (Lipinski definition) is 6. The lowest BCUT2D eigenvalue weighted by Crippen LogP contribution is -2.23. The summed E-state index contributed by atoms with van der Waals surface area (Å²) in [5, 5.41) is 6.83. The number of nitrogens with zero attached hydrogens (tertiary/aromatic N) is 3. The van der Waals surface area contributed by atoms with Crippen molar-refractivity contribution in [3.05, 3.63) is 59.0 Å². The number of benzene rings is 2. The number of aromatic nitrogens is 2. The van der Waals surface area contributed by atoms with E-state index in [1.165, 1.54) is 25.7 Å². The first-order valence-electron chi connectivity index (χ1n) is 10.8. The number of carbonyl (C=O) groups excluding carboxylic acids is 1. The van der Waals surface area contributed by atoms with Crippen LogP contribution in [0.3, 0.4) is 0 Å². The topological polar surface area (TPSA) is 105 Å². The first kappa shape index (κ1) is 24.6. The number of anilines is 1. The molecule has 0 saturated heterocycles. The molecule has 0 aliphatic heterocycles. The number of rotatable bonds is 8. The average molecular weight is 471 g/mol. The lowest BCUT2D eigenvalue weighted by Gasteiger charge is -2.16. The Morgan fingerprint density at radius 3 is 2.39 bits per heavy atom. The second-order valence-corrected chi connectivity index (χ2v) is 10.7. The van der Waals surface area contributed by atoms with Crippen LogP contribution in [0.2, 0.25) is 0 Å².